The maximum Gasteiger partial charge on any atom is 0.248 e. The third-order valence-corrected chi connectivity index (χ3v) is 2.27. The third-order valence-electron chi connectivity index (χ3n) is 2.27. The molecule has 0 bridgehead atoms. The molecule has 5 nitrogen and oxygen atoms in total. The first-order chi connectivity index (χ1) is 8.16. The molecule has 0 unspecified atom stereocenters. The Balaban J connectivity index is 2.20. The van der Waals surface area contributed by atoms with E-state index in [9.17, 15) is 4.79 Å². The second-order valence-electron chi connectivity index (χ2n) is 3.51. The number of primary amides is 1. The second-order valence-corrected chi connectivity index (χ2v) is 3.51. The lowest BCUT2D eigenvalue weighted by Gasteiger charge is -2.07. The van der Waals surface area contributed by atoms with Gasteiger partial charge in [-0.15, -0.1) is 0 Å². The predicted molar refractivity (Wildman–Crippen MR) is 66.9 cm³/mol. The van der Waals surface area contributed by atoms with Crippen molar-refractivity contribution in [2.75, 3.05) is 11.1 Å². The number of rotatable bonds is 3. The van der Waals surface area contributed by atoms with Gasteiger partial charge in [-0.1, -0.05) is 0 Å². The molecule has 1 amide bonds. The van der Waals surface area contributed by atoms with Crippen molar-refractivity contribution in [3.63, 3.8) is 0 Å². The highest BCUT2D eigenvalue weighted by Crippen LogP contribution is 2.19. The van der Waals surface area contributed by atoms with E-state index in [0.717, 1.165) is 5.69 Å². The number of aromatic nitrogens is 1. The molecule has 0 saturated carbocycles. The molecule has 0 aliphatic carbocycles. The number of pyridine rings is 1. The van der Waals surface area contributed by atoms with Crippen molar-refractivity contribution >= 4 is 23.1 Å². The first kappa shape index (κ1) is 10.9. The lowest BCUT2D eigenvalue weighted by atomic mass is 10.2. The van der Waals surface area contributed by atoms with Crippen LogP contribution in [-0.2, 0) is 0 Å². The normalized spacial score (nSPS) is 9.88. The van der Waals surface area contributed by atoms with Crippen LogP contribution in [0.5, 0.6) is 0 Å². The van der Waals surface area contributed by atoms with Crippen LogP contribution in [0.1, 0.15) is 10.4 Å². The van der Waals surface area contributed by atoms with Crippen LogP contribution in [0.25, 0.3) is 0 Å². The highest BCUT2D eigenvalue weighted by atomic mass is 16.1. The number of amides is 1. The molecule has 2 aromatic rings. The van der Waals surface area contributed by atoms with Crippen LogP contribution in [-0.4, -0.2) is 10.9 Å². The molecule has 2 rings (SSSR count). The van der Waals surface area contributed by atoms with E-state index in [-0.39, 0.29) is 0 Å². The van der Waals surface area contributed by atoms with Crippen LogP contribution in [0.2, 0.25) is 0 Å². The molecule has 1 heterocycles. The zero-order chi connectivity index (χ0) is 12.3. The second kappa shape index (κ2) is 4.52. The molecule has 0 atom stereocenters. The van der Waals surface area contributed by atoms with Gasteiger partial charge in [0.1, 0.15) is 0 Å². The van der Waals surface area contributed by atoms with E-state index >= 15 is 0 Å². The molecule has 5 heteroatoms. The first-order valence-corrected chi connectivity index (χ1v) is 5.04. The molecule has 0 spiro atoms. The average molecular weight is 228 g/mol. The number of carbonyl (C=O) groups is 1. The molecular formula is C12H12N4O. The summed E-state index contributed by atoms with van der Waals surface area (Å²) in [5, 5.41) is 3.05. The smallest absolute Gasteiger partial charge is 0.248 e. The number of nitrogens with zero attached hydrogens (tertiary/aromatic N) is 1. The van der Waals surface area contributed by atoms with Crippen LogP contribution < -0.4 is 16.8 Å². The summed E-state index contributed by atoms with van der Waals surface area (Å²) < 4.78 is 0. The molecule has 0 aliphatic heterocycles. The maximum absolute atomic E-state index is 10.9. The van der Waals surface area contributed by atoms with Crippen molar-refractivity contribution in [1.82, 2.24) is 4.98 Å². The minimum Gasteiger partial charge on any atom is -0.396 e. The van der Waals surface area contributed by atoms with Crippen molar-refractivity contribution in [2.45, 2.75) is 0 Å². The van der Waals surface area contributed by atoms with Gasteiger partial charge in [0, 0.05) is 17.4 Å². The van der Waals surface area contributed by atoms with Crippen LogP contribution in [0.15, 0.2) is 42.6 Å². The lowest BCUT2D eigenvalue weighted by Crippen LogP contribution is -2.10. The van der Waals surface area contributed by atoms with E-state index in [1.54, 1.807) is 42.6 Å². The number of nitrogen functional groups attached to an aromatic ring is 1. The maximum atomic E-state index is 10.9. The molecule has 1 aromatic heterocycles. The lowest BCUT2D eigenvalue weighted by molar-refractivity contribution is 0.100. The topological polar surface area (TPSA) is 94.0 Å². The summed E-state index contributed by atoms with van der Waals surface area (Å²) in [5.74, 6) is 0.133. The summed E-state index contributed by atoms with van der Waals surface area (Å²) in [6.45, 7) is 0. The summed E-state index contributed by atoms with van der Waals surface area (Å²) in [4.78, 5) is 15.0. The number of anilines is 3. The van der Waals surface area contributed by atoms with Gasteiger partial charge in [-0.3, -0.25) is 4.79 Å². The van der Waals surface area contributed by atoms with Crippen molar-refractivity contribution in [2.24, 2.45) is 5.73 Å². The van der Waals surface area contributed by atoms with Crippen LogP contribution >= 0.6 is 0 Å². The van der Waals surface area contributed by atoms with Crippen LogP contribution in [0.3, 0.4) is 0 Å². The molecule has 5 N–H and O–H groups in total. The molecule has 1 aromatic carbocycles. The largest absolute Gasteiger partial charge is 0.396 e. The number of hydrogen-bond acceptors (Lipinski definition) is 4. The van der Waals surface area contributed by atoms with Crippen molar-refractivity contribution in [3.05, 3.63) is 48.2 Å². The third kappa shape index (κ3) is 2.52. The summed E-state index contributed by atoms with van der Waals surface area (Å²) in [6.07, 6.45) is 1.65. The molecule has 17 heavy (non-hydrogen) atoms. The summed E-state index contributed by atoms with van der Waals surface area (Å²) in [6, 6.07) is 10.3. The van der Waals surface area contributed by atoms with Gasteiger partial charge in [0.15, 0.2) is 5.82 Å². The molecular weight excluding hydrogens is 216 g/mol. The van der Waals surface area contributed by atoms with Gasteiger partial charge < -0.3 is 16.8 Å². The predicted octanol–water partition coefficient (Wildman–Crippen LogP) is 1.51. The van der Waals surface area contributed by atoms with Gasteiger partial charge in [0.2, 0.25) is 5.91 Å². The van der Waals surface area contributed by atoms with E-state index in [0.29, 0.717) is 17.1 Å². The summed E-state index contributed by atoms with van der Waals surface area (Å²) >= 11 is 0. The monoisotopic (exact) mass is 228 g/mol. The Morgan fingerprint density at radius 3 is 2.47 bits per heavy atom. The summed E-state index contributed by atoms with van der Waals surface area (Å²) in [5.41, 5.74) is 12.7. The van der Waals surface area contributed by atoms with E-state index in [2.05, 4.69) is 10.3 Å². The van der Waals surface area contributed by atoms with Crippen LogP contribution in [0.4, 0.5) is 17.2 Å². The van der Waals surface area contributed by atoms with E-state index in [1.165, 1.54) is 0 Å². The van der Waals surface area contributed by atoms with Crippen molar-refractivity contribution < 1.29 is 4.79 Å². The highest BCUT2D eigenvalue weighted by molar-refractivity contribution is 5.93. The molecule has 0 aliphatic rings. The number of hydrogen-bond donors (Lipinski definition) is 3. The molecule has 86 valence electrons. The van der Waals surface area contributed by atoms with Gasteiger partial charge in [0.25, 0.3) is 0 Å². The Morgan fingerprint density at radius 1 is 1.18 bits per heavy atom. The van der Waals surface area contributed by atoms with E-state index in [1.807, 2.05) is 0 Å². The summed E-state index contributed by atoms with van der Waals surface area (Å²) in [7, 11) is 0. The fourth-order valence-electron chi connectivity index (χ4n) is 1.38. The average Bonchev–Trinajstić information content (AvgIpc) is 2.33. The molecule has 0 radical (unpaired) electrons. The quantitative estimate of drug-likeness (QED) is 0.742. The number of benzene rings is 1. The Hall–Kier alpha value is -2.56. The number of carbonyl (C=O) groups excluding carboxylic acids is 1. The Bertz CT molecular complexity index is 536. The van der Waals surface area contributed by atoms with Gasteiger partial charge in [-0.2, -0.15) is 0 Å². The van der Waals surface area contributed by atoms with Gasteiger partial charge in [-0.05, 0) is 36.4 Å². The first-order valence-electron chi connectivity index (χ1n) is 5.04. The highest BCUT2D eigenvalue weighted by Gasteiger charge is 2.02. The zero-order valence-electron chi connectivity index (χ0n) is 9.05. The van der Waals surface area contributed by atoms with Crippen molar-refractivity contribution in [3.8, 4) is 0 Å². The van der Waals surface area contributed by atoms with E-state index in [4.69, 9.17) is 11.5 Å². The minimum atomic E-state index is -0.450. The Labute approximate surface area is 98.5 Å². The number of nitrogens with two attached hydrogens (primary N) is 2. The van der Waals surface area contributed by atoms with Crippen molar-refractivity contribution in [1.29, 1.82) is 0 Å². The number of nitrogens with one attached hydrogen (secondary N) is 1. The fourth-order valence-corrected chi connectivity index (χ4v) is 1.38. The van der Waals surface area contributed by atoms with E-state index < -0.39 is 5.91 Å². The minimum absolute atomic E-state index is 0.450. The fraction of sp³-hybridized carbons (Fsp3) is 0. The zero-order valence-corrected chi connectivity index (χ0v) is 9.05. The van der Waals surface area contributed by atoms with Gasteiger partial charge in [0.05, 0.1) is 5.69 Å². The van der Waals surface area contributed by atoms with Gasteiger partial charge >= 0.3 is 0 Å². The Kier molecular flexibility index (Phi) is 2.91. The Morgan fingerprint density at radius 2 is 1.88 bits per heavy atom. The van der Waals surface area contributed by atoms with Gasteiger partial charge in [-0.25, -0.2) is 4.98 Å². The SMILES string of the molecule is NC(=O)c1ccc(Nc2ncccc2N)cc1. The standard InChI is InChI=1S/C12H12N4O/c13-10-2-1-7-15-12(10)16-9-5-3-8(4-6-9)11(14)17/h1-7H,13H2,(H2,14,17)(H,15,16). The molecule has 0 saturated heterocycles. The van der Waals surface area contributed by atoms with Crippen LogP contribution in [0, 0.1) is 0 Å². The molecule has 0 fully saturated rings.